The lowest BCUT2D eigenvalue weighted by Gasteiger charge is -2.09. The molecule has 16 heavy (non-hydrogen) atoms. The summed E-state index contributed by atoms with van der Waals surface area (Å²) in [5.41, 5.74) is 4.99. The molecule has 0 aromatic rings. The van der Waals surface area contributed by atoms with E-state index in [-0.39, 0.29) is 11.8 Å². The summed E-state index contributed by atoms with van der Waals surface area (Å²) in [7, 11) is 4.01. The predicted molar refractivity (Wildman–Crippen MR) is 63.8 cm³/mol. The molecule has 0 unspecified atom stereocenters. The number of hydrogen-bond donors (Lipinski definition) is 2. The van der Waals surface area contributed by atoms with Gasteiger partial charge in [0.25, 0.3) is 0 Å². The number of nitrogens with two attached hydrogens (primary N) is 1. The summed E-state index contributed by atoms with van der Waals surface area (Å²) < 4.78 is 0. The molecule has 2 amide bonds. The third kappa shape index (κ3) is 11.0. The zero-order valence-electron chi connectivity index (χ0n) is 10.3. The normalized spacial score (nSPS) is 10.4. The molecule has 0 atom stereocenters. The molecule has 0 radical (unpaired) electrons. The number of primary amides is 1. The Balaban J connectivity index is 3.28. The average Bonchev–Trinajstić information content (AvgIpc) is 2.19. The molecule has 0 aromatic carbocycles. The number of nitrogens with one attached hydrogen (secondary N) is 1. The van der Waals surface area contributed by atoms with Gasteiger partial charge >= 0.3 is 0 Å². The molecule has 0 spiro atoms. The lowest BCUT2D eigenvalue weighted by molar-refractivity contribution is -0.122. The fraction of sp³-hybridized carbons (Fsp3) is 0.818. The molecule has 0 rings (SSSR count). The van der Waals surface area contributed by atoms with Crippen LogP contribution in [-0.2, 0) is 9.59 Å². The molecule has 0 fully saturated rings. The summed E-state index contributed by atoms with van der Waals surface area (Å²) >= 11 is 0. The van der Waals surface area contributed by atoms with Gasteiger partial charge in [-0.15, -0.1) is 0 Å². The molecule has 5 nitrogen and oxygen atoms in total. The van der Waals surface area contributed by atoms with Gasteiger partial charge in [-0.2, -0.15) is 0 Å². The summed E-state index contributed by atoms with van der Waals surface area (Å²) in [6.45, 7) is 1.69. The maximum atomic E-state index is 11.3. The van der Waals surface area contributed by atoms with E-state index in [1.807, 2.05) is 14.1 Å². The highest BCUT2D eigenvalue weighted by molar-refractivity contribution is 5.76. The molecule has 3 N–H and O–H groups in total. The van der Waals surface area contributed by atoms with E-state index in [1.54, 1.807) is 0 Å². The molecule has 0 aliphatic rings. The van der Waals surface area contributed by atoms with E-state index >= 15 is 0 Å². The average molecular weight is 229 g/mol. The summed E-state index contributed by atoms with van der Waals surface area (Å²) in [6.07, 6.45) is 3.23. The van der Waals surface area contributed by atoms with Crippen molar-refractivity contribution in [2.45, 2.75) is 32.1 Å². The van der Waals surface area contributed by atoms with Crippen LogP contribution in [0.3, 0.4) is 0 Å². The molecule has 0 bridgehead atoms. The molecular weight excluding hydrogens is 206 g/mol. The van der Waals surface area contributed by atoms with Crippen LogP contribution in [0.2, 0.25) is 0 Å². The van der Waals surface area contributed by atoms with E-state index in [4.69, 9.17) is 5.73 Å². The quantitative estimate of drug-likeness (QED) is 0.551. The first-order chi connectivity index (χ1) is 7.52. The number of amides is 2. The Hall–Kier alpha value is -1.10. The van der Waals surface area contributed by atoms with Crippen LogP contribution in [-0.4, -0.2) is 43.9 Å². The highest BCUT2D eigenvalue weighted by Crippen LogP contribution is 1.98. The van der Waals surface area contributed by atoms with Crippen LogP contribution in [0, 0.1) is 0 Å². The van der Waals surface area contributed by atoms with Crippen molar-refractivity contribution in [1.82, 2.24) is 10.2 Å². The molecule has 5 heteroatoms. The third-order valence-corrected chi connectivity index (χ3v) is 2.18. The molecular formula is C11H23N3O2. The number of carbonyl (C=O) groups excluding carboxylic acids is 2. The first-order valence-corrected chi connectivity index (χ1v) is 5.72. The lowest BCUT2D eigenvalue weighted by Crippen LogP contribution is -2.26. The monoisotopic (exact) mass is 229 g/mol. The molecule has 0 heterocycles. The van der Waals surface area contributed by atoms with Crippen molar-refractivity contribution in [3.8, 4) is 0 Å². The molecule has 94 valence electrons. The first-order valence-electron chi connectivity index (χ1n) is 5.72. The number of nitrogens with zero attached hydrogens (tertiary/aromatic N) is 1. The fourth-order valence-electron chi connectivity index (χ4n) is 1.30. The maximum absolute atomic E-state index is 11.3. The predicted octanol–water partition coefficient (Wildman–Crippen LogP) is 0.100. The van der Waals surface area contributed by atoms with Crippen LogP contribution in [0.15, 0.2) is 0 Å². The number of hydrogen-bond acceptors (Lipinski definition) is 3. The highest BCUT2D eigenvalue weighted by Gasteiger charge is 2.01. The van der Waals surface area contributed by atoms with E-state index in [2.05, 4.69) is 10.2 Å². The Bertz CT molecular complexity index is 217. The highest BCUT2D eigenvalue weighted by atomic mass is 16.1. The largest absolute Gasteiger partial charge is 0.370 e. The lowest BCUT2D eigenvalue weighted by atomic mass is 10.2. The Labute approximate surface area is 97.4 Å². The van der Waals surface area contributed by atoms with Gasteiger partial charge < -0.3 is 16.0 Å². The van der Waals surface area contributed by atoms with Crippen molar-refractivity contribution in [2.24, 2.45) is 5.73 Å². The minimum absolute atomic E-state index is 0.0585. The Morgan fingerprint density at radius 1 is 1.12 bits per heavy atom. The van der Waals surface area contributed by atoms with Crippen LogP contribution in [0.5, 0.6) is 0 Å². The van der Waals surface area contributed by atoms with Crippen molar-refractivity contribution < 1.29 is 9.59 Å². The van der Waals surface area contributed by atoms with Crippen molar-refractivity contribution in [1.29, 1.82) is 0 Å². The van der Waals surface area contributed by atoms with Crippen LogP contribution in [0.25, 0.3) is 0 Å². The van der Waals surface area contributed by atoms with Gasteiger partial charge in [0.1, 0.15) is 0 Å². The summed E-state index contributed by atoms with van der Waals surface area (Å²) in [6, 6.07) is 0. The first kappa shape index (κ1) is 14.9. The number of unbranched alkanes of at least 4 members (excludes halogenated alkanes) is 1. The van der Waals surface area contributed by atoms with E-state index < -0.39 is 0 Å². The van der Waals surface area contributed by atoms with Crippen LogP contribution in [0.4, 0.5) is 0 Å². The maximum Gasteiger partial charge on any atom is 0.219 e. The van der Waals surface area contributed by atoms with E-state index in [1.165, 1.54) is 0 Å². The summed E-state index contributed by atoms with van der Waals surface area (Å²) in [5, 5.41) is 2.84. The van der Waals surface area contributed by atoms with Crippen molar-refractivity contribution >= 4 is 11.8 Å². The van der Waals surface area contributed by atoms with Gasteiger partial charge in [-0.1, -0.05) is 0 Å². The van der Waals surface area contributed by atoms with Crippen LogP contribution >= 0.6 is 0 Å². The number of rotatable bonds is 9. The van der Waals surface area contributed by atoms with Crippen molar-refractivity contribution in [2.75, 3.05) is 27.2 Å². The molecule has 0 saturated carbocycles. The third-order valence-electron chi connectivity index (χ3n) is 2.18. The second-order valence-corrected chi connectivity index (χ2v) is 4.18. The Kier molecular flexibility index (Phi) is 8.52. The van der Waals surface area contributed by atoms with Crippen LogP contribution in [0.1, 0.15) is 32.1 Å². The zero-order chi connectivity index (χ0) is 12.4. The minimum Gasteiger partial charge on any atom is -0.370 e. The summed E-state index contributed by atoms with van der Waals surface area (Å²) in [4.78, 5) is 23.8. The van der Waals surface area contributed by atoms with Gasteiger partial charge in [0.05, 0.1) is 0 Å². The molecule has 0 aliphatic carbocycles. The van der Waals surface area contributed by atoms with Gasteiger partial charge in [-0.25, -0.2) is 0 Å². The second kappa shape index (κ2) is 9.15. The Morgan fingerprint density at radius 3 is 2.31 bits per heavy atom. The van der Waals surface area contributed by atoms with Crippen molar-refractivity contribution in [3.63, 3.8) is 0 Å². The molecule has 0 saturated heterocycles. The topological polar surface area (TPSA) is 75.4 Å². The fourth-order valence-corrected chi connectivity index (χ4v) is 1.30. The SMILES string of the molecule is CN(C)CCCNC(=O)CCCCC(N)=O. The molecule has 0 aliphatic heterocycles. The van der Waals surface area contributed by atoms with Gasteiger partial charge in [0, 0.05) is 19.4 Å². The van der Waals surface area contributed by atoms with E-state index in [9.17, 15) is 9.59 Å². The molecule has 0 aromatic heterocycles. The standard InChI is InChI=1S/C11H23N3O2/c1-14(2)9-5-8-13-11(16)7-4-3-6-10(12)15/h3-9H2,1-2H3,(H2,12,15)(H,13,16). The minimum atomic E-state index is -0.300. The van der Waals surface area contributed by atoms with E-state index in [0.717, 1.165) is 19.4 Å². The van der Waals surface area contributed by atoms with Crippen LogP contribution < -0.4 is 11.1 Å². The van der Waals surface area contributed by atoms with Gasteiger partial charge in [-0.3, -0.25) is 9.59 Å². The van der Waals surface area contributed by atoms with E-state index in [0.29, 0.717) is 25.8 Å². The second-order valence-electron chi connectivity index (χ2n) is 4.18. The smallest absolute Gasteiger partial charge is 0.219 e. The van der Waals surface area contributed by atoms with Gasteiger partial charge in [0.2, 0.25) is 11.8 Å². The van der Waals surface area contributed by atoms with Gasteiger partial charge in [0.15, 0.2) is 0 Å². The van der Waals surface area contributed by atoms with Gasteiger partial charge in [-0.05, 0) is 39.9 Å². The number of carbonyl (C=O) groups is 2. The van der Waals surface area contributed by atoms with Crippen molar-refractivity contribution in [3.05, 3.63) is 0 Å². The zero-order valence-corrected chi connectivity index (χ0v) is 10.3. The summed E-state index contributed by atoms with van der Waals surface area (Å²) in [5.74, 6) is -0.241. The Morgan fingerprint density at radius 2 is 1.75 bits per heavy atom.